The van der Waals surface area contributed by atoms with Crippen LogP contribution in [0.4, 0.5) is 0 Å². The Kier molecular flexibility index (Phi) is 5.92. The number of carbonyl (C=O) groups is 1. The first-order valence-electron chi connectivity index (χ1n) is 6.92. The molecule has 1 aliphatic heterocycles. The summed E-state index contributed by atoms with van der Waals surface area (Å²) < 4.78 is 0. The Balaban J connectivity index is 2.14. The number of rotatable bonds is 7. The molecule has 0 saturated carbocycles. The highest BCUT2D eigenvalue weighted by Crippen LogP contribution is 2.11. The van der Waals surface area contributed by atoms with E-state index in [1.807, 2.05) is 13.8 Å². The highest BCUT2D eigenvalue weighted by atomic mass is 16.2. The Morgan fingerprint density at radius 2 is 1.88 bits per heavy atom. The van der Waals surface area contributed by atoms with Crippen LogP contribution in [0.5, 0.6) is 0 Å². The van der Waals surface area contributed by atoms with Gasteiger partial charge >= 0.3 is 0 Å². The van der Waals surface area contributed by atoms with Gasteiger partial charge in [0.15, 0.2) is 0 Å². The Hall–Kier alpha value is -0.610. The van der Waals surface area contributed by atoms with Crippen LogP contribution in [0.2, 0.25) is 0 Å². The van der Waals surface area contributed by atoms with Gasteiger partial charge in [-0.05, 0) is 51.7 Å². The van der Waals surface area contributed by atoms with E-state index in [1.165, 1.54) is 25.9 Å². The van der Waals surface area contributed by atoms with Crippen molar-refractivity contribution in [2.45, 2.75) is 51.5 Å². The third kappa shape index (κ3) is 4.28. The minimum Gasteiger partial charge on any atom is -0.354 e. The second-order valence-corrected chi connectivity index (χ2v) is 5.02. The molecule has 100 valence electrons. The Bertz CT molecular complexity index is 233. The third-order valence-electron chi connectivity index (χ3n) is 3.85. The van der Waals surface area contributed by atoms with E-state index >= 15 is 0 Å². The van der Waals surface area contributed by atoms with Crippen LogP contribution >= 0.6 is 0 Å². The van der Waals surface area contributed by atoms with Crippen LogP contribution in [-0.4, -0.2) is 42.5 Å². The minimum absolute atomic E-state index is 0.00363. The van der Waals surface area contributed by atoms with Gasteiger partial charge < -0.3 is 16.0 Å². The van der Waals surface area contributed by atoms with E-state index in [0.717, 1.165) is 19.5 Å². The number of nitrogens with one attached hydrogen (secondary N) is 1. The number of likely N-dealkylation sites (tertiary alicyclic amines) is 1. The van der Waals surface area contributed by atoms with Gasteiger partial charge in [0.1, 0.15) is 0 Å². The van der Waals surface area contributed by atoms with Crippen molar-refractivity contribution in [1.29, 1.82) is 0 Å². The lowest BCUT2D eigenvalue weighted by Gasteiger charge is -2.25. The molecule has 3 N–H and O–H groups in total. The van der Waals surface area contributed by atoms with Gasteiger partial charge in [-0.1, -0.05) is 13.8 Å². The van der Waals surface area contributed by atoms with Crippen LogP contribution in [0.15, 0.2) is 0 Å². The van der Waals surface area contributed by atoms with Crippen LogP contribution in [-0.2, 0) is 4.79 Å². The average molecular weight is 241 g/mol. The van der Waals surface area contributed by atoms with Gasteiger partial charge in [-0.3, -0.25) is 4.79 Å². The van der Waals surface area contributed by atoms with E-state index in [-0.39, 0.29) is 5.91 Å². The van der Waals surface area contributed by atoms with Gasteiger partial charge in [-0.2, -0.15) is 0 Å². The number of nitrogens with two attached hydrogens (primary N) is 1. The predicted octanol–water partition coefficient (Wildman–Crippen LogP) is 1.11. The second-order valence-electron chi connectivity index (χ2n) is 5.02. The van der Waals surface area contributed by atoms with Crippen molar-refractivity contribution in [3.63, 3.8) is 0 Å². The normalized spacial score (nSPS) is 17.4. The highest BCUT2D eigenvalue weighted by molar-refractivity contribution is 5.85. The van der Waals surface area contributed by atoms with E-state index in [1.54, 1.807) is 0 Å². The fourth-order valence-corrected chi connectivity index (χ4v) is 2.26. The van der Waals surface area contributed by atoms with Crippen molar-refractivity contribution in [1.82, 2.24) is 10.2 Å². The largest absolute Gasteiger partial charge is 0.354 e. The Morgan fingerprint density at radius 3 is 2.41 bits per heavy atom. The maximum absolute atomic E-state index is 11.9. The van der Waals surface area contributed by atoms with Crippen LogP contribution in [0.3, 0.4) is 0 Å². The van der Waals surface area contributed by atoms with Gasteiger partial charge in [-0.25, -0.2) is 0 Å². The van der Waals surface area contributed by atoms with E-state index in [2.05, 4.69) is 10.2 Å². The molecule has 1 aliphatic rings. The Morgan fingerprint density at radius 1 is 1.29 bits per heavy atom. The van der Waals surface area contributed by atoms with Crippen molar-refractivity contribution < 1.29 is 4.79 Å². The molecule has 1 heterocycles. The molecular formula is C13H27N3O. The van der Waals surface area contributed by atoms with Crippen molar-refractivity contribution in [2.75, 3.05) is 26.2 Å². The molecule has 0 aromatic rings. The standard InChI is InChI=1S/C13H27N3O/c1-3-13(14,4-2)12(17)15-8-7-11-16-9-5-6-10-16/h3-11,14H2,1-2H3,(H,15,17). The zero-order chi connectivity index (χ0) is 12.7. The van der Waals surface area contributed by atoms with E-state index < -0.39 is 5.54 Å². The lowest BCUT2D eigenvalue weighted by Crippen LogP contribution is -2.53. The smallest absolute Gasteiger partial charge is 0.240 e. The summed E-state index contributed by atoms with van der Waals surface area (Å²) in [5.74, 6) is 0.00363. The van der Waals surface area contributed by atoms with Crippen LogP contribution < -0.4 is 11.1 Å². The van der Waals surface area contributed by atoms with Crippen molar-refractivity contribution in [2.24, 2.45) is 5.73 Å². The summed E-state index contributed by atoms with van der Waals surface area (Å²) in [6.07, 6.45) is 5.06. The maximum atomic E-state index is 11.9. The molecule has 0 atom stereocenters. The molecule has 17 heavy (non-hydrogen) atoms. The van der Waals surface area contributed by atoms with E-state index in [9.17, 15) is 4.79 Å². The first kappa shape index (κ1) is 14.5. The van der Waals surface area contributed by atoms with Crippen molar-refractivity contribution >= 4 is 5.91 Å². The number of hydrogen-bond acceptors (Lipinski definition) is 3. The van der Waals surface area contributed by atoms with Gasteiger partial charge in [-0.15, -0.1) is 0 Å². The van der Waals surface area contributed by atoms with Gasteiger partial charge in [0.2, 0.25) is 5.91 Å². The van der Waals surface area contributed by atoms with E-state index in [0.29, 0.717) is 12.8 Å². The highest BCUT2D eigenvalue weighted by Gasteiger charge is 2.29. The second kappa shape index (κ2) is 6.97. The number of amides is 1. The summed E-state index contributed by atoms with van der Waals surface area (Å²) in [4.78, 5) is 14.3. The summed E-state index contributed by atoms with van der Waals surface area (Å²) >= 11 is 0. The summed E-state index contributed by atoms with van der Waals surface area (Å²) in [6.45, 7) is 8.21. The molecule has 0 unspecified atom stereocenters. The summed E-state index contributed by atoms with van der Waals surface area (Å²) in [5.41, 5.74) is 5.35. The third-order valence-corrected chi connectivity index (χ3v) is 3.85. The summed E-state index contributed by atoms with van der Waals surface area (Å²) in [5, 5.41) is 2.96. The number of hydrogen-bond donors (Lipinski definition) is 2. The molecule has 1 amide bonds. The van der Waals surface area contributed by atoms with Crippen LogP contribution in [0.1, 0.15) is 46.0 Å². The van der Waals surface area contributed by atoms with Crippen LogP contribution in [0, 0.1) is 0 Å². The molecule has 0 aliphatic carbocycles. The predicted molar refractivity (Wildman–Crippen MR) is 70.8 cm³/mol. The molecule has 0 spiro atoms. The van der Waals surface area contributed by atoms with Gasteiger partial charge in [0.25, 0.3) is 0 Å². The number of carbonyl (C=O) groups excluding carboxylic acids is 1. The molecule has 4 heteroatoms. The monoisotopic (exact) mass is 241 g/mol. The van der Waals surface area contributed by atoms with Gasteiger partial charge in [0, 0.05) is 6.54 Å². The first-order chi connectivity index (χ1) is 8.12. The van der Waals surface area contributed by atoms with Gasteiger partial charge in [0.05, 0.1) is 5.54 Å². The minimum atomic E-state index is -0.673. The molecule has 1 rings (SSSR count). The topological polar surface area (TPSA) is 58.4 Å². The molecule has 0 radical (unpaired) electrons. The molecule has 4 nitrogen and oxygen atoms in total. The summed E-state index contributed by atoms with van der Waals surface area (Å²) in [6, 6.07) is 0. The number of nitrogens with zero attached hydrogens (tertiary/aromatic N) is 1. The zero-order valence-corrected chi connectivity index (χ0v) is 11.3. The fraction of sp³-hybridized carbons (Fsp3) is 0.923. The Labute approximate surface area is 105 Å². The molecule has 1 fully saturated rings. The average Bonchev–Trinajstić information content (AvgIpc) is 2.86. The molecule has 0 aromatic carbocycles. The summed E-state index contributed by atoms with van der Waals surface area (Å²) in [7, 11) is 0. The van der Waals surface area contributed by atoms with Crippen LogP contribution in [0.25, 0.3) is 0 Å². The molecule has 1 saturated heterocycles. The lowest BCUT2D eigenvalue weighted by molar-refractivity contribution is -0.126. The molecule has 0 bridgehead atoms. The fourth-order valence-electron chi connectivity index (χ4n) is 2.26. The van der Waals surface area contributed by atoms with E-state index in [4.69, 9.17) is 5.73 Å². The lowest BCUT2D eigenvalue weighted by atomic mass is 9.93. The molecular weight excluding hydrogens is 214 g/mol. The van der Waals surface area contributed by atoms with Crippen molar-refractivity contribution in [3.05, 3.63) is 0 Å². The maximum Gasteiger partial charge on any atom is 0.240 e. The first-order valence-corrected chi connectivity index (χ1v) is 6.92. The quantitative estimate of drug-likeness (QED) is 0.656. The van der Waals surface area contributed by atoms with Crippen molar-refractivity contribution in [3.8, 4) is 0 Å². The molecule has 0 aromatic heterocycles. The zero-order valence-electron chi connectivity index (χ0n) is 11.3. The SMILES string of the molecule is CCC(N)(CC)C(=O)NCCCN1CCCC1.